The van der Waals surface area contributed by atoms with Gasteiger partial charge in [0.05, 0.1) is 0 Å². The summed E-state index contributed by atoms with van der Waals surface area (Å²) in [4.78, 5) is 15.1. The van der Waals surface area contributed by atoms with Crippen LogP contribution in [-0.4, -0.2) is 50.3 Å². The molecule has 0 aromatic heterocycles. The molecule has 1 N–H and O–H groups in total. The number of ether oxygens (including phenoxy) is 2. The lowest BCUT2D eigenvalue weighted by Crippen LogP contribution is -2.48. The van der Waals surface area contributed by atoms with E-state index in [0.717, 1.165) is 43.7 Å². The lowest BCUT2D eigenvalue weighted by atomic mass is 9.78. The van der Waals surface area contributed by atoms with Crippen LogP contribution in [0.5, 0.6) is 5.75 Å². The molecule has 1 fully saturated rings. The Hall–Kier alpha value is -1.59. The van der Waals surface area contributed by atoms with E-state index in [1.165, 1.54) is 6.42 Å². The predicted molar refractivity (Wildman–Crippen MR) is 106 cm³/mol. The average Bonchev–Trinajstić information content (AvgIpc) is 2.61. The lowest BCUT2D eigenvalue weighted by molar-refractivity contribution is -0.148. The summed E-state index contributed by atoms with van der Waals surface area (Å²) in [6, 6.07) is 7.58. The molecule has 1 aliphatic carbocycles. The summed E-state index contributed by atoms with van der Waals surface area (Å²) in [5, 5.41) is 3.06. The van der Waals surface area contributed by atoms with Gasteiger partial charge < -0.3 is 19.7 Å². The fraction of sp³-hybridized carbons (Fsp3) is 0.667. The maximum atomic E-state index is 13.0. The van der Waals surface area contributed by atoms with Gasteiger partial charge in [-0.1, -0.05) is 20.3 Å². The Kier molecular flexibility index (Phi) is 7.91. The van der Waals surface area contributed by atoms with Crippen LogP contribution in [0.25, 0.3) is 0 Å². The molecular weight excluding hydrogens is 328 g/mol. The molecule has 146 valence electrons. The third kappa shape index (κ3) is 5.99. The van der Waals surface area contributed by atoms with Gasteiger partial charge in [-0.05, 0) is 70.0 Å². The van der Waals surface area contributed by atoms with E-state index in [1.807, 2.05) is 38.4 Å². The molecule has 0 radical (unpaired) electrons. The van der Waals surface area contributed by atoms with Gasteiger partial charge in [0.15, 0.2) is 0 Å². The second kappa shape index (κ2) is 9.93. The second-order valence-corrected chi connectivity index (χ2v) is 7.67. The zero-order valence-electron chi connectivity index (χ0n) is 16.7. The number of carbonyl (C=O) groups is 1. The number of amides is 1. The van der Waals surface area contributed by atoms with Crippen LogP contribution in [0.1, 0.15) is 46.0 Å². The van der Waals surface area contributed by atoms with Crippen molar-refractivity contribution in [1.29, 1.82) is 0 Å². The first kappa shape index (κ1) is 20.7. The quantitative estimate of drug-likeness (QED) is 0.723. The number of nitrogens with zero attached hydrogens (tertiary/aromatic N) is 1. The van der Waals surface area contributed by atoms with Crippen molar-refractivity contribution in [2.75, 3.05) is 39.2 Å². The maximum absolute atomic E-state index is 13.0. The van der Waals surface area contributed by atoms with E-state index in [1.54, 1.807) is 0 Å². The predicted octanol–water partition coefficient (Wildman–Crippen LogP) is 3.94. The van der Waals surface area contributed by atoms with Crippen molar-refractivity contribution in [3.8, 4) is 5.75 Å². The van der Waals surface area contributed by atoms with E-state index in [4.69, 9.17) is 9.47 Å². The highest BCUT2D eigenvalue weighted by atomic mass is 16.5. The van der Waals surface area contributed by atoms with Crippen molar-refractivity contribution in [3.05, 3.63) is 24.3 Å². The molecule has 0 aliphatic heterocycles. The molecule has 1 saturated carbocycles. The first-order chi connectivity index (χ1) is 12.4. The van der Waals surface area contributed by atoms with Crippen LogP contribution >= 0.6 is 0 Å². The van der Waals surface area contributed by atoms with E-state index in [0.29, 0.717) is 19.1 Å². The van der Waals surface area contributed by atoms with Crippen LogP contribution in [0.3, 0.4) is 0 Å². The van der Waals surface area contributed by atoms with Gasteiger partial charge in [0.1, 0.15) is 18.0 Å². The molecule has 0 spiro atoms. The summed E-state index contributed by atoms with van der Waals surface area (Å²) in [7, 11) is 4.04. The topological polar surface area (TPSA) is 50.8 Å². The van der Waals surface area contributed by atoms with Crippen LogP contribution in [0.15, 0.2) is 24.3 Å². The number of likely N-dealkylation sites (N-methyl/N-ethyl adjacent to an activating group) is 1. The fourth-order valence-corrected chi connectivity index (χ4v) is 3.43. The number of carbonyl (C=O) groups excluding carboxylic acids is 1. The van der Waals surface area contributed by atoms with Crippen molar-refractivity contribution >= 4 is 11.6 Å². The van der Waals surface area contributed by atoms with E-state index in [2.05, 4.69) is 24.1 Å². The van der Waals surface area contributed by atoms with Crippen molar-refractivity contribution in [1.82, 2.24) is 4.90 Å². The zero-order valence-corrected chi connectivity index (χ0v) is 16.7. The average molecular weight is 363 g/mol. The summed E-state index contributed by atoms with van der Waals surface area (Å²) in [6.45, 7) is 6.42. The molecule has 2 atom stereocenters. The molecule has 0 unspecified atom stereocenters. The Balaban J connectivity index is 1.97. The molecule has 5 heteroatoms. The number of anilines is 1. The van der Waals surface area contributed by atoms with E-state index in [9.17, 15) is 4.79 Å². The van der Waals surface area contributed by atoms with Crippen molar-refractivity contribution in [3.63, 3.8) is 0 Å². The third-order valence-electron chi connectivity index (χ3n) is 4.87. The van der Waals surface area contributed by atoms with Gasteiger partial charge in [0.25, 0.3) is 5.91 Å². The summed E-state index contributed by atoms with van der Waals surface area (Å²) >= 11 is 0. The number of hydrogen-bond donors (Lipinski definition) is 1. The number of rotatable bonds is 9. The molecule has 1 aliphatic rings. The second-order valence-electron chi connectivity index (χ2n) is 7.67. The molecule has 0 saturated heterocycles. The minimum atomic E-state index is -0.686. The molecule has 0 heterocycles. The Morgan fingerprint density at radius 2 is 2.00 bits per heavy atom. The van der Waals surface area contributed by atoms with Crippen LogP contribution < -0.4 is 10.1 Å². The Morgan fingerprint density at radius 1 is 1.27 bits per heavy atom. The van der Waals surface area contributed by atoms with Gasteiger partial charge in [-0.3, -0.25) is 4.79 Å². The smallest absolute Gasteiger partial charge is 0.256 e. The molecule has 2 rings (SSSR count). The molecule has 5 nitrogen and oxygen atoms in total. The normalized spacial score (nSPS) is 23.0. The summed E-state index contributed by atoms with van der Waals surface area (Å²) in [5.41, 5.74) is 0.0989. The monoisotopic (exact) mass is 362 g/mol. The Bertz CT molecular complexity index is 559. The Morgan fingerprint density at radius 3 is 2.62 bits per heavy atom. The maximum Gasteiger partial charge on any atom is 0.256 e. The van der Waals surface area contributed by atoms with E-state index >= 15 is 0 Å². The van der Waals surface area contributed by atoms with Crippen LogP contribution in [0, 0.1) is 5.92 Å². The third-order valence-corrected chi connectivity index (χ3v) is 4.87. The zero-order chi connectivity index (χ0) is 19.0. The largest absolute Gasteiger partial charge is 0.492 e. The van der Waals surface area contributed by atoms with Gasteiger partial charge in [-0.2, -0.15) is 0 Å². The summed E-state index contributed by atoms with van der Waals surface area (Å²) in [5.74, 6) is 1.31. The molecule has 26 heavy (non-hydrogen) atoms. The van der Waals surface area contributed by atoms with Crippen LogP contribution in [0.2, 0.25) is 0 Å². The lowest BCUT2D eigenvalue weighted by Gasteiger charge is -2.38. The van der Waals surface area contributed by atoms with E-state index < -0.39 is 5.60 Å². The van der Waals surface area contributed by atoms with Crippen LogP contribution in [-0.2, 0) is 9.53 Å². The first-order valence-corrected chi connectivity index (χ1v) is 9.78. The van der Waals surface area contributed by atoms with E-state index in [-0.39, 0.29) is 5.91 Å². The highest BCUT2D eigenvalue weighted by molar-refractivity contribution is 5.97. The highest BCUT2D eigenvalue weighted by Gasteiger charge is 2.42. The first-order valence-electron chi connectivity index (χ1n) is 9.78. The molecule has 1 aromatic carbocycles. The SMILES string of the molecule is CCCO[C@@]1(C(=O)Nc2ccc(OCCN(C)C)cc2)CCC[C@H](C)C1. The molecule has 1 aromatic rings. The van der Waals surface area contributed by atoms with Gasteiger partial charge in [-0.25, -0.2) is 0 Å². The van der Waals surface area contributed by atoms with Gasteiger partial charge >= 0.3 is 0 Å². The minimum Gasteiger partial charge on any atom is -0.492 e. The molecular formula is C21H34N2O3. The number of benzene rings is 1. The number of hydrogen-bond acceptors (Lipinski definition) is 4. The number of nitrogens with one attached hydrogen (secondary N) is 1. The molecule has 1 amide bonds. The van der Waals surface area contributed by atoms with Crippen LogP contribution in [0.4, 0.5) is 5.69 Å². The molecule has 0 bridgehead atoms. The van der Waals surface area contributed by atoms with Crippen molar-refractivity contribution < 1.29 is 14.3 Å². The van der Waals surface area contributed by atoms with Crippen molar-refractivity contribution in [2.24, 2.45) is 5.92 Å². The summed E-state index contributed by atoms with van der Waals surface area (Å²) in [6.07, 6.45) is 4.72. The minimum absolute atomic E-state index is 0.0150. The summed E-state index contributed by atoms with van der Waals surface area (Å²) < 4.78 is 11.8. The van der Waals surface area contributed by atoms with Gasteiger partial charge in [0.2, 0.25) is 0 Å². The fourth-order valence-electron chi connectivity index (χ4n) is 3.43. The van der Waals surface area contributed by atoms with Crippen molar-refractivity contribution in [2.45, 2.75) is 51.6 Å². The standard InChI is InChI=1S/C21H34N2O3/c1-5-14-26-21(12-6-7-17(2)16-21)20(24)22-18-8-10-19(11-9-18)25-15-13-23(3)4/h8-11,17H,5-7,12-16H2,1-4H3,(H,22,24)/t17-,21-/m0/s1. The Labute approximate surface area is 158 Å². The van der Waals surface area contributed by atoms with Gasteiger partial charge in [-0.15, -0.1) is 0 Å². The van der Waals surface area contributed by atoms with Gasteiger partial charge in [0, 0.05) is 18.8 Å². The highest BCUT2D eigenvalue weighted by Crippen LogP contribution is 2.36.